The lowest BCUT2D eigenvalue weighted by Crippen LogP contribution is -2.37. The molecule has 0 bridgehead atoms. The fourth-order valence-electron chi connectivity index (χ4n) is 3.19. The highest BCUT2D eigenvalue weighted by Crippen LogP contribution is 2.29. The highest BCUT2D eigenvalue weighted by atomic mass is 19.3. The van der Waals surface area contributed by atoms with Gasteiger partial charge in [-0.1, -0.05) is 25.3 Å². The standard InChI is InChI=1S/C20H31F2N3O3/c1-23-20(24-11-6-12-27-16-7-4-3-5-8-16)25-14-15-9-10-17(26-2)18(13-15)28-19(21)22/h9-10,13,16,19H,3-8,11-12,14H2,1-2H3,(H2,23,24,25). The van der Waals surface area contributed by atoms with Crippen LogP contribution in [0.5, 0.6) is 11.5 Å². The number of hydrogen-bond acceptors (Lipinski definition) is 4. The van der Waals surface area contributed by atoms with Gasteiger partial charge >= 0.3 is 6.61 Å². The first kappa shape index (κ1) is 22.2. The fourth-order valence-corrected chi connectivity index (χ4v) is 3.19. The van der Waals surface area contributed by atoms with E-state index in [0.29, 0.717) is 18.6 Å². The van der Waals surface area contributed by atoms with E-state index in [-0.39, 0.29) is 11.5 Å². The van der Waals surface area contributed by atoms with Crippen LogP contribution in [0.15, 0.2) is 23.2 Å². The van der Waals surface area contributed by atoms with Crippen molar-refractivity contribution in [2.75, 3.05) is 27.3 Å². The van der Waals surface area contributed by atoms with Crippen LogP contribution in [0.3, 0.4) is 0 Å². The predicted octanol–water partition coefficient (Wildman–Crippen LogP) is 3.70. The first-order valence-electron chi connectivity index (χ1n) is 9.80. The van der Waals surface area contributed by atoms with Crippen molar-refractivity contribution >= 4 is 5.96 Å². The molecule has 28 heavy (non-hydrogen) atoms. The predicted molar refractivity (Wildman–Crippen MR) is 105 cm³/mol. The lowest BCUT2D eigenvalue weighted by molar-refractivity contribution is -0.0512. The molecular weight excluding hydrogens is 368 g/mol. The Morgan fingerprint density at radius 3 is 2.64 bits per heavy atom. The van der Waals surface area contributed by atoms with Gasteiger partial charge in [0, 0.05) is 26.7 Å². The highest BCUT2D eigenvalue weighted by molar-refractivity contribution is 5.79. The number of nitrogens with one attached hydrogen (secondary N) is 2. The summed E-state index contributed by atoms with van der Waals surface area (Å²) < 4.78 is 40.5. The summed E-state index contributed by atoms with van der Waals surface area (Å²) >= 11 is 0. The van der Waals surface area contributed by atoms with Gasteiger partial charge in [-0.3, -0.25) is 4.99 Å². The number of methoxy groups -OCH3 is 1. The smallest absolute Gasteiger partial charge is 0.387 e. The first-order valence-corrected chi connectivity index (χ1v) is 9.80. The van der Waals surface area contributed by atoms with Crippen molar-refractivity contribution in [3.8, 4) is 11.5 Å². The molecule has 1 aliphatic carbocycles. The minimum Gasteiger partial charge on any atom is -0.493 e. The van der Waals surface area contributed by atoms with Crippen LogP contribution in [0, 0.1) is 0 Å². The van der Waals surface area contributed by atoms with E-state index in [1.165, 1.54) is 45.3 Å². The molecule has 0 aliphatic heterocycles. The molecule has 0 saturated heterocycles. The number of ether oxygens (including phenoxy) is 3. The van der Waals surface area contributed by atoms with E-state index in [4.69, 9.17) is 9.47 Å². The van der Waals surface area contributed by atoms with Crippen LogP contribution < -0.4 is 20.1 Å². The topological polar surface area (TPSA) is 64.1 Å². The molecule has 1 fully saturated rings. The highest BCUT2D eigenvalue weighted by Gasteiger charge is 2.13. The van der Waals surface area contributed by atoms with Crippen LogP contribution in [-0.2, 0) is 11.3 Å². The van der Waals surface area contributed by atoms with E-state index in [0.717, 1.165) is 25.1 Å². The van der Waals surface area contributed by atoms with Crippen molar-refractivity contribution < 1.29 is 23.0 Å². The number of aliphatic imine (C=N–C) groups is 1. The molecule has 1 saturated carbocycles. The number of rotatable bonds is 10. The minimum atomic E-state index is -2.90. The van der Waals surface area contributed by atoms with Crippen molar-refractivity contribution in [3.05, 3.63) is 23.8 Å². The third-order valence-electron chi connectivity index (χ3n) is 4.65. The van der Waals surface area contributed by atoms with Crippen molar-refractivity contribution in [1.29, 1.82) is 0 Å². The molecule has 0 amide bonds. The quantitative estimate of drug-likeness (QED) is 0.357. The lowest BCUT2D eigenvalue weighted by atomic mass is 9.98. The number of alkyl halides is 2. The molecule has 1 aliphatic rings. The molecule has 158 valence electrons. The Balaban J connectivity index is 1.71. The molecule has 0 atom stereocenters. The van der Waals surface area contributed by atoms with E-state index in [9.17, 15) is 8.78 Å². The molecule has 1 aromatic rings. The van der Waals surface area contributed by atoms with Crippen LogP contribution in [0.1, 0.15) is 44.1 Å². The Morgan fingerprint density at radius 1 is 1.18 bits per heavy atom. The van der Waals surface area contributed by atoms with Crippen LogP contribution >= 0.6 is 0 Å². The summed E-state index contributed by atoms with van der Waals surface area (Å²) in [6, 6.07) is 4.92. The van der Waals surface area contributed by atoms with Crippen LogP contribution in [-0.4, -0.2) is 46.0 Å². The van der Waals surface area contributed by atoms with Crippen molar-refractivity contribution in [1.82, 2.24) is 10.6 Å². The second kappa shape index (κ2) is 12.4. The SMILES string of the molecule is CN=C(NCCCOC1CCCCC1)NCc1ccc(OC)c(OC(F)F)c1. The molecule has 6 nitrogen and oxygen atoms in total. The van der Waals surface area contributed by atoms with E-state index >= 15 is 0 Å². The molecule has 8 heteroatoms. The van der Waals surface area contributed by atoms with E-state index in [1.807, 2.05) is 0 Å². The summed E-state index contributed by atoms with van der Waals surface area (Å²) in [6.45, 7) is -1.000. The van der Waals surface area contributed by atoms with Gasteiger partial charge < -0.3 is 24.8 Å². The molecule has 0 spiro atoms. The lowest BCUT2D eigenvalue weighted by Gasteiger charge is -2.22. The number of halogens is 2. The number of benzene rings is 1. The van der Waals surface area contributed by atoms with E-state index in [2.05, 4.69) is 20.4 Å². The van der Waals surface area contributed by atoms with Crippen LogP contribution in [0.4, 0.5) is 8.78 Å². The maximum absolute atomic E-state index is 12.5. The molecular formula is C20H31F2N3O3. The molecule has 2 N–H and O–H groups in total. The van der Waals surface area contributed by atoms with Gasteiger partial charge in [0.15, 0.2) is 17.5 Å². The van der Waals surface area contributed by atoms with Gasteiger partial charge in [0.05, 0.1) is 13.2 Å². The summed E-state index contributed by atoms with van der Waals surface area (Å²) in [6.07, 6.45) is 7.54. The van der Waals surface area contributed by atoms with Gasteiger partial charge in [0.25, 0.3) is 0 Å². The molecule has 2 rings (SSSR count). The van der Waals surface area contributed by atoms with Crippen LogP contribution in [0.2, 0.25) is 0 Å². The van der Waals surface area contributed by atoms with Gasteiger partial charge in [-0.2, -0.15) is 8.78 Å². The first-order chi connectivity index (χ1) is 13.6. The van der Waals surface area contributed by atoms with E-state index in [1.54, 1.807) is 19.2 Å². The summed E-state index contributed by atoms with van der Waals surface area (Å²) in [5, 5.41) is 6.39. The van der Waals surface area contributed by atoms with Gasteiger partial charge in [-0.25, -0.2) is 0 Å². The van der Waals surface area contributed by atoms with Gasteiger partial charge in [0.2, 0.25) is 0 Å². The largest absolute Gasteiger partial charge is 0.493 e. The van der Waals surface area contributed by atoms with Crippen molar-refractivity contribution in [3.63, 3.8) is 0 Å². The van der Waals surface area contributed by atoms with Gasteiger partial charge in [-0.05, 0) is 37.0 Å². The van der Waals surface area contributed by atoms with Gasteiger partial charge in [-0.15, -0.1) is 0 Å². The minimum absolute atomic E-state index is 0.0135. The summed E-state index contributed by atoms with van der Waals surface area (Å²) in [5.41, 5.74) is 0.778. The fraction of sp³-hybridized carbons (Fsp3) is 0.650. The van der Waals surface area contributed by atoms with Crippen molar-refractivity contribution in [2.45, 2.75) is 57.8 Å². The average Bonchev–Trinajstić information content (AvgIpc) is 2.70. The number of nitrogens with zero attached hydrogens (tertiary/aromatic N) is 1. The molecule has 0 radical (unpaired) electrons. The van der Waals surface area contributed by atoms with Gasteiger partial charge in [0.1, 0.15) is 0 Å². The number of guanidine groups is 1. The molecule has 0 unspecified atom stereocenters. The Bertz CT molecular complexity index is 608. The Morgan fingerprint density at radius 2 is 1.96 bits per heavy atom. The zero-order valence-corrected chi connectivity index (χ0v) is 16.7. The normalized spacial score (nSPS) is 15.5. The molecule has 0 heterocycles. The Labute approximate surface area is 165 Å². The second-order valence-corrected chi connectivity index (χ2v) is 6.70. The van der Waals surface area contributed by atoms with E-state index < -0.39 is 6.61 Å². The zero-order valence-electron chi connectivity index (χ0n) is 16.7. The average molecular weight is 399 g/mol. The maximum Gasteiger partial charge on any atom is 0.387 e. The summed E-state index contributed by atoms with van der Waals surface area (Å²) in [7, 11) is 3.10. The Hall–Kier alpha value is -2.09. The summed E-state index contributed by atoms with van der Waals surface area (Å²) in [4.78, 5) is 4.17. The van der Waals surface area contributed by atoms with Crippen molar-refractivity contribution in [2.24, 2.45) is 4.99 Å². The third kappa shape index (κ3) is 7.88. The molecule has 1 aromatic carbocycles. The second-order valence-electron chi connectivity index (χ2n) is 6.70. The molecule has 0 aromatic heterocycles. The van der Waals surface area contributed by atoms with Crippen LogP contribution in [0.25, 0.3) is 0 Å². The monoisotopic (exact) mass is 399 g/mol. The third-order valence-corrected chi connectivity index (χ3v) is 4.65. The summed E-state index contributed by atoms with van der Waals surface area (Å²) in [5.74, 6) is 0.925. The maximum atomic E-state index is 12.5. The number of hydrogen-bond donors (Lipinski definition) is 2. The Kier molecular flexibility index (Phi) is 9.82. The zero-order chi connectivity index (χ0) is 20.2.